The van der Waals surface area contributed by atoms with Crippen molar-refractivity contribution in [3.63, 3.8) is 0 Å². The molecule has 1 heterocycles. The average molecular weight is 507 g/mol. The van der Waals surface area contributed by atoms with Gasteiger partial charge in [-0.1, -0.05) is 88.4 Å². The van der Waals surface area contributed by atoms with Gasteiger partial charge in [0, 0.05) is 18.4 Å². The summed E-state index contributed by atoms with van der Waals surface area (Å²) in [4.78, 5) is 40.4. The molecule has 0 aromatic heterocycles. The molecule has 3 rings (SSSR count). The van der Waals surface area contributed by atoms with E-state index in [1.54, 1.807) is 6.92 Å². The Morgan fingerprint density at radius 1 is 0.865 bits per heavy atom. The van der Waals surface area contributed by atoms with E-state index < -0.39 is 23.6 Å². The third kappa shape index (κ3) is 8.90. The SMILES string of the molecule is CC(C)C[C@H](NC(=O)[C@@H](CC(=O)[C@H](Cc1ccccc1)NC(C)C)Cc1ccccc1)C(=O)[C@@]1(C)CO1. The molecule has 1 fully saturated rings. The Morgan fingerprint density at radius 2 is 1.41 bits per heavy atom. The van der Waals surface area contributed by atoms with Gasteiger partial charge in [0.15, 0.2) is 11.6 Å². The zero-order chi connectivity index (χ0) is 27.0. The van der Waals surface area contributed by atoms with Crippen molar-refractivity contribution in [2.75, 3.05) is 6.61 Å². The van der Waals surface area contributed by atoms with Gasteiger partial charge in [-0.25, -0.2) is 0 Å². The molecule has 37 heavy (non-hydrogen) atoms. The van der Waals surface area contributed by atoms with Crippen LogP contribution in [0, 0.1) is 11.8 Å². The van der Waals surface area contributed by atoms with Gasteiger partial charge >= 0.3 is 0 Å². The molecule has 200 valence electrons. The fourth-order valence-corrected chi connectivity index (χ4v) is 4.67. The number of amides is 1. The minimum Gasteiger partial charge on any atom is -0.361 e. The molecule has 1 aliphatic rings. The normalized spacial score (nSPS) is 19.3. The molecule has 2 N–H and O–H groups in total. The quantitative estimate of drug-likeness (QED) is 0.352. The van der Waals surface area contributed by atoms with E-state index in [0.717, 1.165) is 11.1 Å². The highest BCUT2D eigenvalue weighted by atomic mass is 16.6. The number of nitrogens with one attached hydrogen (secondary N) is 2. The van der Waals surface area contributed by atoms with E-state index in [1.165, 1.54) is 0 Å². The molecule has 6 heteroatoms. The monoisotopic (exact) mass is 506 g/mol. The number of hydrogen-bond donors (Lipinski definition) is 2. The molecule has 2 aromatic rings. The van der Waals surface area contributed by atoms with Crippen molar-refractivity contribution >= 4 is 17.5 Å². The Balaban J connectivity index is 1.80. The molecular weight excluding hydrogens is 464 g/mol. The molecule has 2 aromatic carbocycles. The number of benzene rings is 2. The van der Waals surface area contributed by atoms with Crippen molar-refractivity contribution in [2.45, 2.75) is 84.0 Å². The number of epoxide rings is 1. The summed E-state index contributed by atoms with van der Waals surface area (Å²) in [6.07, 6.45) is 1.60. The third-order valence-electron chi connectivity index (χ3n) is 6.79. The van der Waals surface area contributed by atoms with E-state index in [1.807, 2.05) is 88.4 Å². The average Bonchev–Trinajstić information content (AvgIpc) is 3.61. The van der Waals surface area contributed by atoms with Crippen molar-refractivity contribution in [2.24, 2.45) is 11.8 Å². The summed E-state index contributed by atoms with van der Waals surface area (Å²) in [7, 11) is 0. The summed E-state index contributed by atoms with van der Waals surface area (Å²) < 4.78 is 5.38. The van der Waals surface area contributed by atoms with E-state index in [2.05, 4.69) is 10.6 Å². The highest BCUT2D eigenvalue weighted by molar-refractivity contribution is 5.97. The van der Waals surface area contributed by atoms with Crippen molar-refractivity contribution < 1.29 is 19.1 Å². The molecule has 0 unspecified atom stereocenters. The van der Waals surface area contributed by atoms with Crippen LogP contribution in [-0.2, 0) is 32.0 Å². The Bertz CT molecular complexity index is 1030. The second-order valence-corrected chi connectivity index (χ2v) is 11.2. The van der Waals surface area contributed by atoms with E-state index in [0.29, 0.717) is 25.9 Å². The zero-order valence-corrected chi connectivity index (χ0v) is 22.8. The second-order valence-electron chi connectivity index (χ2n) is 11.2. The van der Waals surface area contributed by atoms with Gasteiger partial charge in [0.05, 0.1) is 18.7 Å². The summed E-state index contributed by atoms with van der Waals surface area (Å²) in [5, 5.41) is 6.41. The van der Waals surface area contributed by atoms with Crippen LogP contribution in [-0.4, -0.2) is 47.8 Å². The minimum atomic E-state index is -0.820. The highest BCUT2D eigenvalue weighted by Gasteiger charge is 2.50. The molecule has 0 saturated carbocycles. The number of carbonyl (C=O) groups excluding carboxylic acids is 3. The number of carbonyl (C=O) groups is 3. The molecular formula is C31H42N2O4. The molecule has 1 amide bonds. The summed E-state index contributed by atoms with van der Waals surface area (Å²) >= 11 is 0. The van der Waals surface area contributed by atoms with Crippen LogP contribution >= 0.6 is 0 Å². The van der Waals surface area contributed by atoms with Gasteiger partial charge < -0.3 is 15.4 Å². The second kappa shape index (κ2) is 13.1. The van der Waals surface area contributed by atoms with Crippen LogP contribution in [0.3, 0.4) is 0 Å². The molecule has 0 spiro atoms. The Morgan fingerprint density at radius 3 is 1.89 bits per heavy atom. The van der Waals surface area contributed by atoms with Gasteiger partial charge in [-0.05, 0) is 43.2 Å². The highest BCUT2D eigenvalue weighted by Crippen LogP contribution is 2.30. The fourth-order valence-electron chi connectivity index (χ4n) is 4.67. The number of rotatable bonds is 15. The summed E-state index contributed by atoms with van der Waals surface area (Å²) in [6.45, 7) is 10.2. The lowest BCUT2D eigenvalue weighted by Crippen LogP contribution is -2.50. The van der Waals surface area contributed by atoms with E-state index in [-0.39, 0.29) is 35.9 Å². The number of Topliss-reactive ketones (excluding diaryl/α,β-unsaturated/α-hetero) is 2. The lowest BCUT2D eigenvalue weighted by molar-refractivity contribution is -0.134. The predicted molar refractivity (Wildman–Crippen MR) is 146 cm³/mol. The molecule has 0 radical (unpaired) electrons. The third-order valence-corrected chi connectivity index (χ3v) is 6.79. The number of hydrogen-bond acceptors (Lipinski definition) is 5. The Labute approximate surface area is 221 Å². The van der Waals surface area contributed by atoms with Gasteiger partial charge in [-0.3, -0.25) is 14.4 Å². The van der Waals surface area contributed by atoms with E-state index in [4.69, 9.17) is 4.74 Å². The molecule has 0 aliphatic carbocycles. The first-order valence-corrected chi connectivity index (χ1v) is 13.4. The smallest absolute Gasteiger partial charge is 0.224 e. The molecule has 1 aliphatic heterocycles. The maximum Gasteiger partial charge on any atom is 0.224 e. The molecule has 0 bridgehead atoms. The van der Waals surface area contributed by atoms with Crippen LogP contribution in [0.4, 0.5) is 0 Å². The maximum atomic E-state index is 13.7. The van der Waals surface area contributed by atoms with Gasteiger partial charge in [-0.2, -0.15) is 0 Å². The van der Waals surface area contributed by atoms with E-state index >= 15 is 0 Å². The van der Waals surface area contributed by atoms with Crippen LogP contribution in [0.5, 0.6) is 0 Å². The maximum absolute atomic E-state index is 13.7. The van der Waals surface area contributed by atoms with Crippen LogP contribution in [0.25, 0.3) is 0 Å². The first-order valence-electron chi connectivity index (χ1n) is 13.4. The topological polar surface area (TPSA) is 87.8 Å². The lowest BCUT2D eigenvalue weighted by Gasteiger charge is -2.26. The van der Waals surface area contributed by atoms with Gasteiger partial charge in [-0.15, -0.1) is 0 Å². The Hall–Kier alpha value is -2.83. The van der Waals surface area contributed by atoms with Gasteiger partial charge in [0.2, 0.25) is 5.91 Å². The standard InChI is InChI=1S/C31H42N2O4/c1-21(2)16-27(29(35)31(5)20-37-31)33-30(36)25(17-23-12-8-6-9-13-23)19-28(34)26(32-22(3)4)18-24-14-10-7-11-15-24/h6-15,21-22,25-27,32H,16-20H2,1-5H3,(H,33,36)/t25-,26+,27+,31-/m1/s1. The lowest BCUT2D eigenvalue weighted by atomic mass is 9.88. The van der Waals surface area contributed by atoms with Crippen LogP contribution in [0.2, 0.25) is 0 Å². The van der Waals surface area contributed by atoms with Crippen LogP contribution in [0.1, 0.15) is 58.6 Å². The summed E-state index contributed by atoms with van der Waals surface area (Å²) in [5.74, 6) is -0.724. The number of ketones is 2. The number of ether oxygens (including phenoxy) is 1. The Kier molecular flexibility index (Phi) is 10.2. The van der Waals surface area contributed by atoms with Crippen molar-refractivity contribution in [3.05, 3.63) is 71.8 Å². The van der Waals surface area contributed by atoms with Gasteiger partial charge in [0.25, 0.3) is 0 Å². The zero-order valence-electron chi connectivity index (χ0n) is 22.8. The largest absolute Gasteiger partial charge is 0.361 e. The van der Waals surface area contributed by atoms with Crippen molar-refractivity contribution in [3.8, 4) is 0 Å². The van der Waals surface area contributed by atoms with Crippen LogP contribution < -0.4 is 10.6 Å². The summed E-state index contributed by atoms with van der Waals surface area (Å²) in [6, 6.07) is 18.7. The fraction of sp³-hybridized carbons (Fsp3) is 0.516. The first kappa shape index (κ1) is 28.7. The van der Waals surface area contributed by atoms with Crippen molar-refractivity contribution in [1.82, 2.24) is 10.6 Å². The first-order chi connectivity index (χ1) is 17.6. The minimum absolute atomic E-state index is 0.00198. The van der Waals surface area contributed by atoms with E-state index in [9.17, 15) is 14.4 Å². The molecule has 1 saturated heterocycles. The van der Waals surface area contributed by atoms with Crippen LogP contribution in [0.15, 0.2) is 60.7 Å². The van der Waals surface area contributed by atoms with Gasteiger partial charge in [0.1, 0.15) is 5.60 Å². The predicted octanol–water partition coefficient (Wildman–Crippen LogP) is 4.30. The molecule has 4 atom stereocenters. The summed E-state index contributed by atoms with van der Waals surface area (Å²) in [5.41, 5.74) is 1.23. The molecule has 6 nitrogen and oxygen atoms in total. The van der Waals surface area contributed by atoms with Crippen molar-refractivity contribution in [1.29, 1.82) is 0 Å².